The Morgan fingerprint density at radius 1 is 1.42 bits per heavy atom. The Hall–Kier alpha value is -0.730. The Bertz CT molecular complexity index is 171. The van der Waals surface area contributed by atoms with E-state index in [9.17, 15) is 5.11 Å². The summed E-state index contributed by atoms with van der Waals surface area (Å²) in [6, 6.07) is 0. The SMILES string of the molecule is [N-]=[N+]=NCC(O)C1CCCCC1. The lowest BCUT2D eigenvalue weighted by Crippen LogP contribution is -2.25. The van der Waals surface area contributed by atoms with Gasteiger partial charge in [-0.3, -0.25) is 0 Å². The van der Waals surface area contributed by atoms with Gasteiger partial charge in [0.15, 0.2) is 0 Å². The van der Waals surface area contributed by atoms with Crippen LogP contribution in [0.2, 0.25) is 0 Å². The minimum atomic E-state index is -0.416. The Balaban J connectivity index is 2.28. The second-order valence-corrected chi connectivity index (χ2v) is 3.38. The van der Waals surface area contributed by atoms with E-state index in [-0.39, 0.29) is 6.54 Å². The van der Waals surface area contributed by atoms with Crippen LogP contribution in [0.3, 0.4) is 0 Å². The number of aliphatic hydroxyl groups excluding tert-OH is 1. The lowest BCUT2D eigenvalue weighted by atomic mass is 9.85. The summed E-state index contributed by atoms with van der Waals surface area (Å²) in [5.41, 5.74) is 8.06. The van der Waals surface area contributed by atoms with Gasteiger partial charge in [-0.15, -0.1) is 0 Å². The molecule has 12 heavy (non-hydrogen) atoms. The molecule has 1 N–H and O–H groups in total. The summed E-state index contributed by atoms with van der Waals surface area (Å²) in [6.45, 7) is 0.237. The highest BCUT2D eigenvalue weighted by molar-refractivity contribution is 4.74. The highest BCUT2D eigenvalue weighted by atomic mass is 16.3. The molecule has 0 heterocycles. The number of nitrogens with zero attached hydrogens (tertiary/aromatic N) is 3. The molecule has 1 aliphatic rings. The minimum absolute atomic E-state index is 0.237. The van der Waals surface area contributed by atoms with Crippen molar-refractivity contribution in [1.82, 2.24) is 0 Å². The molecule has 1 unspecified atom stereocenters. The van der Waals surface area contributed by atoms with Crippen molar-refractivity contribution >= 4 is 0 Å². The molecule has 0 amide bonds. The molecule has 0 aromatic rings. The third kappa shape index (κ3) is 2.72. The van der Waals surface area contributed by atoms with Crippen LogP contribution in [0.1, 0.15) is 32.1 Å². The van der Waals surface area contributed by atoms with Crippen LogP contribution in [0.15, 0.2) is 5.11 Å². The van der Waals surface area contributed by atoms with Crippen LogP contribution in [0.4, 0.5) is 0 Å². The van der Waals surface area contributed by atoms with Gasteiger partial charge < -0.3 is 5.11 Å². The molecule has 0 aromatic heterocycles. The van der Waals surface area contributed by atoms with Crippen molar-refractivity contribution in [3.8, 4) is 0 Å². The monoisotopic (exact) mass is 169 g/mol. The molecule has 0 spiro atoms. The molecule has 1 rings (SSSR count). The first kappa shape index (κ1) is 9.36. The number of hydrogen-bond acceptors (Lipinski definition) is 2. The fourth-order valence-corrected chi connectivity index (χ4v) is 1.79. The van der Waals surface area contributed by atoms with Gasteiger partial charge >= 0.3 is 0 Å². The predicted octanol–water partition coefficient (Wildman–Crippen LogP) is 2.24. The van der Waals surface area contributed by atoms with Crippen LogP contribution in [0.25, 0.3) is 10.4 Å². The zero-order valence-electron chi connectivity index (χ0n) is 7.19. The summed E-state index contributed by atoms with van der Waals surface area (Å²) in [6.07, 6.45) is 5.45. The van der Waals surface area contributed by atoms with E-state index in [4.69, 9.17) is 5.53 Å². The van der Waals surface area contributed by atoms with Crippen LogP contribution in [-0.4, -0.2) is 17.8 Å². The highest BCUT2D eigenvalue weighted by Gasteiger charge is 2.20. The third-order valence-electron chi connectivity index (χ3n) is 2.53. The molecule has 0 aromatic carbocycles. The Morgan fingerprint density at radius 3 is 2.67 bits per heavy atom. The van der Waals surface area contributed by atoms with E-state index < -0.39 is 6.10 Å². The van der Waals surface area contributed by atoms with Gasteiger partial charge in [0.05, 0.1) is 12.6 Å². The highest BCUT2D eigenvalue weighted by Crippen LogP contribution is 2.26. The average Bonchev–Trinajstić information content (AvgIpc) is 2.15. The molecule has 0 aliphatic heterocycles. The summed E-state index contributed by atoms with van der Waals surface area (Å²) in [5.74, 6) is 0.365. The van der Waals surface area contributed by atoms with E-state index in [1.54, 1.807) is 0 Å². The van der Waals surface area contributed by atoms with Crippen molar-refractivity contribution in [1.29, 1.82) is 0 Å². The summed E-state index contributed by atoms with van der Waals surface area (Å²) >= 11 is 0. The second kappa shape index (κ2) is 5.01. The standard InChI is InChI=1S/C8H15N3O/c9-11-10-6-8(12)7-4-2-1-3-5-7/h7-8,12H,1-6H2. The van der Waals surface area contributed by atoms with Crippen LogP contribution in [0.5, 0.6) is 0 Å². The molecule has 1 atom stereocenters. The molecule has 68 valence electrons. The molecule has 4 nitrogen and oxygen atoms in total. The van der Waals surface area contributed by atoms with E-state index in [0.717, 1.165) is 12.8 Å². The summed E-state index contributed by atoms with van der Waals surface area (Å²) in [5, 5.41) is 12.9. The van der Waals surface area contributed by atoms with Crippen molar-refractivity contribution in [3.05, 3.63) is 10.4 Å². The van der Waals surface area contributed by atoms with Gasteiger partial charge in [0.1, 0.15) is 0 Å². The number of aliphatic hydroxyl groups is 1. The Kier molecular flexibility index (Phi) is 3.91. The van der Waals surface area contributed by atoms with Crippen LogP contribution >= 0.6 is 0 Å². The van der Waals surface area contributed by atoms with E-state index in [2.05, 4.69) is 10.0 Å². The lowest BCUT2D eigenvalue weighted by Gasteiger charge is -2.25. The first-order chi connectivity index (χ1) is 5.84. The molecule has 0 bridgehead atoms. The van der Waals surface area contributed by atoms with E-state index in [1.165, 1.54) is 19.3 Å². The maximum atomic E-state index is 9.54. The molecule has 1 aliphatic carbocycles. The topological polar surface area (TPSA) is 69.0 Å². The summed E-state index contributed by atoms with van der Waals surface area (Å²) in [7, 11) is 0. The maximum Gasteiger partial charge on any atom is 0.0624 e. The fourth-order valence-electron chi connectivity index (χ4n) is 1.79. The molecule has 1 saturated carbocycles. The van der Waals surface area contributed by atoms with E-state index in [1.807, 2.05) is 0 Å². The summed E-state index contributed by atoms with van der Waals surface area (Å²) in [4.78, 5) is 2.64. The molecular weight excluding hydrogens is 154 g/mol. The predicted molar refractivity (Wildman–Crippen MR) is 46.6 cm³/mol. The smallest absolute Gasteiger partial charge is 0.0624 e. The zero-order valence-corrected chi connectivity index (χ0v) is 7.19. The molecule has 1 fully saturated rings. The van der Waals surface area contributed by atoms with Crippen molar-refractivity contribution < 1.29 is 5.11 Å². The molecule has 4 heteroatoms. The number of hydrogen-bond donors (Lipinski definition) is 1. The second-order valence-electron chi connectivity index (χ2n) is 3.38. The lowest BCUT2D eigenvalue weighted by molar-refractivity contribution is 0.0921. The quantitative estimate of drug-likeness (QED) is 0.393. The van der Waals surface area contributed by atoms with Crippen molar-refractivity contribution in [2.24, 2.45) is 11.0 Å². The van der Waals surface area contributed by atoms with Gasteiger partial charge in [0.2, 0.25) is 0 Å². The van der Waals surface area contributed by atoms with Crippen LogP contribution < -0.4 is 0 Å². The maximum absolute atomic E-state index is 9.54. The third-order valence-corrected chi connectivity index (χ3v) is 2.53. The Labute approximate surface area is 72.2 Å². The first-order valence-corrected chi connectivity index (χ1v) is 4.53. The van der Waals surface area contributed by atoms with Crippen LogP contribution in [-0.2, 0) is 0 Å². The van der Waals surface area contributed by atoms with Crippen molar-refractivity contribution in [2.45, 2.75) is 38.2 Å². The van der Waals surface area contributed by atoms with Gasteiger partial charge in [0.25, 0.3) is 0 Å². The minimum Gasteiger partial charge on any atom is -0.393 e. The average molecular weight is 169 g/mol. The molecular formula is C8H15N3O. The van der Waals surface area contributed by atoms with Gasteiger partial charge in [-0.05, 0) is 24.3 Å². The summed E-state index contributed by atoms with van der Waals surface area (Å²) < 4.78 is 0. The largest absolute Gasteiger partial charge is 0.393 e. The van der Waals surface area contributed by atoms with Gasteiger partial charge in [-0.1, -0.05) is 24.4 Å². The molecule has 0 radical (unpaired) electrons. The van der Waals surface area contributed by atoms with Gasteiger partial charge in [-0.2, -0.15) is 0 Å². The van der Waals surface area contributed by atoms with Gasteiger partial charge in [-0.25, -0.2) is 0 Å². The molecule has 0 saturated heterocycles. The number of rotatable bonds is 3. The first-order valence-electron chi connectivity index (χ1n) is 4.53. The van der Waals surface area contributed by atoms with Gasteiger partial charge in [0, 0.05) is 4.91 Å². The normalized spacial score (nSPS) is 21.4. The fraction of sp³-hybridized carbons (Fsp3) is 1.00. The zero-order chi connectivity index (χ0) is 8.81. The Morgan fingerprint density at radius 2 is 2.08 bits per heavy atom. The van der Waals surface area contributed by atoms with Crippen molar-refractivity contribution in [3.63, 3.8) is 0 Å². The van der Waals surface area contributed by atoms with Crippen LogP contribution in [0, 0.1) is 5.92 Å². The number of azide groups is 1. The van der Waals surface area contributed by atoms with E-state index in [0.29, 0.717) is 5.92 Å². The van der Waals surface area contributed by atoms with E-state index >= 15 is 0 Å². The van der Waals surface area contributed by atoms with Crippen molar-refractivity contribution in [2.75, 3.05) is 6.54 Å².